The Balaban J connectivity index is 2.75. The number of hydrogen-bond donors (Lipinski definition) is 2. The average Bonchev–Trinajstić information content (AvgIpc) is 2.19. The second-order valence-corrected chi connectivity index (χ2v) is 4.13. The van der Waals surface area contributed by atoms with Crippen LogP contribution < -0.4 is 11.0 Å². The Morgan fingerprint density at radius 1 is 1.53 bits per heavy atom. The quantitative estimate of drug-likeness (QED) is 0.865. The molecule has 1 aromatic carbocycles. The zero-order chi connectivity index (χ0) is 10.8. The number of nitrogens with one attached hydrogen (secondary N) is 2. The topological polar surface area (TPSA) is 57.8 Å². The van der Waals surface area contributed by atoms with Crippen LogP contribution in [0.25, 0.3) is 10.9 Å². The summed E-state index contributed by atoms with van der Waals surface area (Å²) in [6, 6.07) is 5.65. The molecule has 15 heavy (non-hydrogen) atoms. The molecule has 0 aliphatic rings. The fraction of sp³-hybridized carbons (Fsp3) is 0.200. The van der Waals surface area contributed by atoms with Crippen LogP contribution in [-0.4, -0.2) is 17.0 Å². The van der Waals surface area contributed by atoms with Crippen LogP contribution in [0.1, 0.15) is 5.69 Å². The molecular formula is C10H10BrN3O. The van der Waals surface area contributed by atoms with Crippen LogP contribution in [0.4, 0.5) is 0 Å². The number of nitrogens with zero attached hydrogens (tertiary/aromatic N) is 1. The number of hydrogen-bond acceptors (Lipinski definition) is 3. The van der Waals surface area contributed by atoms with Gasteiger partial charge in [-0.3, -0.25) is 0 Å². The van der Waals surface area contributed by atoms with Crippen LogP contribution in [0.5, 0.6) is 0 Å². The van der Waals surface area contributed by atoms with Gasteiger partial charge in [0.25, 0.3) is 0 Å². The van der Waals surface area contributed by atoms with Crippen molar-refractivity contribution in [2.75, 3.05) is 7.05 Å². The molecule has 0 saturated carbocycles. The minimum atomic E-state index is -0.310. The molecule has 5 heteroatoms. The number of rotatable bonds is 2. The van der Waals surface area contributed by atoms with Gasteiger partial charge in [0.05, 0.1) is 5.52 Å². The van der Waals surface area contributed by atoms with Gasteiger partial charge in [0, 0.05) is 22.1 Å². The first kappa shape index (κ1) is 10.3. The molecular weight excluding hydrogens is 258 g/mol. The third kappa shape index (κ3) is 2.08. The van der Waals surface area contributed by atoms with Crippen molar-refractivity contribution in [3.63, 3.8) is 0 Å². The van der Waals surface area contributed by atoms with Gasteiger partial charge >= 0.3 is 5.69 Å². The fourth-order valence-corrected chi connectivity index (χ4v) is 1.86. The lowest BCUT2D eigenvalue weighted by Gasteiger charge is -2.04. The van der Waals surface area contributed by atoms with Crippen LogP contribution >= 0.6 is 15.9 Å². The Bertz CT molecular complexity index is 550. The molecule has 0 bridgehead atoms. The fourth-order valence-electron chi connectivity index (χ4n) is 1.50. The molecule has 2 N–H and O–H groups in total. The van der Waals surface area contributed by atoms with Crippen LogP contribution in [0.3, 0.4) is 0 Å². The summed E-state index contributed by atoms with van der Waals surface area (Å²) in [6.45, 7) is 0.616. The first-order valence-electron chi connectivity index (χ1n) is 4.54. The Labute approximate surface area is 94.9 Å². The number of H-pyrrole nitrogens is 1. The van der Waals surface area contributed by atoms with E-state index < -0.39 is 0 Å². The molecule has 1 aromatic heterocycles. The highest BCUT2D eigenvalue weighted by Gasteiger charge is 2.04. The van der Waals surface area contributed by atoms with Crippen LogP contribution in [-0.2, 0) is 6.54 Å². The van der Waals surface area contributed by atoms with Gasteiger partial charge in [-0.05, 0) is 25.2 Å². The maximum Gasteiger partial charge on any atom is 0.345 e. The molecule has 2 rings (SSSR count). The van der Waals surface area contributed by atoms with Crippen molar-refractivity contribution >= 4 is 26.8 Å². The Hall–Kier alpha value is -1.20. The SMILES string of the molecule is CNCc1[nH]c(=O)nc2ccc(Br)cc12. The predicted molar refractivity (Wildman–Crippen MR) is 62.8 cm³/mol. The van der Waals surface area contributed by atoms with Crippen molar-refractivity contribution in [2.24, 2.45) is 0 Å². The zero-order valence-electron chi connectivity index (χ0n) is 8.17. The molecule has 0 aliphatic heterocycles. The summed E-state index contributed by atoms with van der Waals surface area (Å²) in [5.74, 6) is 0. The Kier molecular flexibility index (Phi) is 2.83. The highest BCUT2D eigenvalue weighted by atomic mass is 79.9. The summed E-state index contributed by atoms with van der Waals surface area (Å²) in [5, 5.41) is 3.97. The van der Waals surface area contributed by atoms with E-state index in [2.05, 4.69) is 31.2 Å². The molecule has 0 unspecified atom stereocenters. The molecule has 0 radical (unpaired) electrons. The molecule has 2 aromatic rings. The Morgan fingerprint density at radius 2 is 2.33 bits per heavy atom. The summed E-state index contributed by atoms with van der Waals surface area (Å²) in [4.78, 5) is 17.9. The summed E-state index contributed by atoms with van der Waals surface area (Å²) in [7, 11) is 1.84. The number of halogens is 1. The van der Waals surface area contributed by atoms with E-state index in [0.29, 0.717) is 12.1 Å². The molecule has 0 fully saturated rings. The minimum absolute atomic E-state index is 0.310. The molecule has 0 spiro atoms. The van der Waals surface area contributed by atoms with Gasteiger partial charge in [0.1, 0.15) is 0 Å². The molecule has 0 aliphatic carbocycles. The maximum atomic E-state index is 11.3. The largest absolute Gasteiger partial charge is 0.345 e. The third-order valence-corrected chi connectivity index (χ3v) is 2.61. The van der Waals surface area contributed by atoms with E-state index in [9.17, 15) is 4.79 Å². The lowest BCUT2D eigenvalue weighted by atomic mass is 10.2. The molecule has 4 nitrogen and oxygen atoms in total. The van der Waals surface area contributed by atoms with Crippen molar-refractivity contribution in [3.05, 3.63) is 38.9 Å². The van der Waals surface area contributed by atoms with E-state index in [1.807, 2.05) is 25.2 Å². The smallest absolute Gasteiger partial charge is 0.314 e. The summed E-state index contributed by atoms with van der Waals surface area (Å²) in [6.07, 6.45) is 0. The van der Waals surface area contributed by atoms with Gasteiger partial charge in [-0.25, -0.2) is 4.79 Å². The van der Waals surface area contributed by atoms with Crippen molar-refractivity contribution in [1.82, 2.24) is 15.3 Å². The van der Waals surface area contributed by atoms with Gasteiger partial charge in [-0.1, -0.05) is 15.9 Å². The minimum Gasteiger partial charge on any atom is -0.314 e. The molecule has 1 heterocycles. The molecule has 0 atom stereocenters. The van der Waals surface area contributed by atoms with Crippen LogP contribution in [0.2, 0.25) is 0 Å². The average molecular weight is 268 g/mol. The highest BCUT2D eigenvalue weighted by Crippen LogP contribution is 2.19. The normalized spacial score (nSPS) is 10.8. The van der Waals surface area contributed by atoms with Gasteiger partial charge < -0.3 is 10.3 Å². The van der Waals surface area contributed by atoms with E-state index in [4.69, 9.17) is 0 Å². The van der Waals surface area contributed by atoms with E-state index in [1.54, 1.807) is 0 Å². The van der Waals surface area contributed by atoms with Crippen molar-refractivity contribution in [2.45, 2.75) is 6.54 Å². The molecule has 0 amide bonds. The van der Waals surface area contributed by atoms with E-state index in [0.717, 1.165) is 15.6 Å². The van der Waals surface area contributed by atoms with E-state index in [1.165, 1.54) is 0 Å². The molecule has 78 valence electrons. The number of aromatic amines is 1. The van der Waals surface area contributed by atoms with Gasteiger partial charge in [-0.15, -0.1) is 0 Å². The highest BCUT2D eigenvalue weighted by molar-refractivity contribution is 9.10. The zero-order valence-corrected chi connectivity index (χ0v) is 9.76. The standard InChI is InChI=1S/C10H10BrN3O/c1-12-5-9-7-4-6(11)2-3-8(7)13-10(15)14-9/h2-4,12H,5H2,1H3,(H,13,14,15). The lowest BCUT2D eigenvalue weighted by Crippen LogP contribution is -2.17. The Morgan fingerprint density at radius 3 is 3.07 bits per heavy atom. The van der Waals surface area contributed by atoms with Crippen molar-refractivity contribution in [1.29, 1.82) is 0 Å². The van der Waals surface area contributed by atoms with Gasteiger partial charge in [-0.2, -0.15) is 4.98 Å². The summed E-state index contributed by atoms with van der Waals surface area (Å²) in [5.41, 5.74) is 1.26. The number of benzene rings is 1. The summed E-state index contributed by atoms with van der Waals surface area (Å²) >= 11 is 3.40. The number of aromatic nitrogens is 2. The third-order valence-electron chi connectivity index (χ3n) is 2.12. The monoisotopic (exact) mass is 267 g/mol. The second-order valence-electron chi connectivity index (χ2n) is 3.21. The predicted octanol–water partition coefficient (Wildman–Crippen LogP) is 1.41. The van der Waals surface area contributed by atoms with Crippen LogP contribution in [0, 0.1) is 0 Å². The molecule has 0 saturated heterocycles. The number of fused-ring (bicyclic) bond motifs is 1. The van der Waals surface area contributed by atoms with E-state index in [-0.39, 0.29) is 5.69 Å². The maximum absolute atomic E-state index is 11.3. The van der Waals surface area contributed by atoms with Crippen LogP contribution in [0.15, 0.2) is 27.5 Å². The van der Waals surface area contributed by atoms with Gasteiger partial charge in [0.15, 0.2) is 0 Å². The first-order valence-corrected chi connectivity index (χ1v) is 5.33. The van der Waals surface area contributed by atoms with E-state index >= 15 is 0 Å². The van der Waals surface area contributed by atoms with Crippen molar-refractivity contribution in [3.8, 4) is 0 Å². The first-order chi connectivity index (χ1) is 7.20. The second kappa shape index (κ2) is 4.12. The van der Waals surface area contributed by atoms with Crippen molar-refractivity contribution < 1.29 is 0 Å². The van der Waals surface area contributed by atoms with Gasteiger partial charge in [0.2, 0.25) is 0 Å². The summed E-state index contributed by atoms with van der Waals surface area (Å²) < 4.78 is 0.973. The lowest BCUT2D eigenvalue weighted by molar-refractivity contribution is 0.789.